The van der Waals surface area contributed by atoms with Crippen molar-refractivity contribution in [2.45, 2.75) is 0 Å². The molecule has 1 N–H and O–H groups in total. The van der Waals surface area contributed by atoms with E-state index in [1.807, 2.05) is 0 Å². The van der Waals surface area contributed by atoms with Gasteiger partial charge in [-0.1, -0.05) is 17.7 Å². The van der Waals surface area contributed by atoms with Crippen LogP contribution < -0.4 is 5.32 Å². The standard InChI is InChI=1S/C10H9ClFN3/c1-13-10-9(11)6-14-15(10)8-4-2-3-7(12)5-8/h2-6,13H,1H3. The fourth-order valence-corrected chi connectivity index (χ4v) is 1.58. The van der Waals surface area contributed by atoms with Crippen LogP contribution in [-0.4, -0.2) is 16.8 Å². The van der Waals surface area contributed by atoms with E-state index in [2.05, 4.69) is 10.4 Å². The van der Waals surface area contributed by atoms with Gasteiger partial charge in [-0.15, -0.1) is 0 Å². The van der Waals surface area contributed by atoms with Gasteiger partial charge in [0.25, 0.3) is 0 Å². The molecular formula is C10H9ClFN3. The van der Waals surface area contributed by atoms with E-state index in [1.165, 1.54) is 18.3 Å². The molecule has 0 radical (unpaired) electrons. The van der Waals surface area contributed by atoms with Crippen LogP contribution in [0.2, 0.25) is 5.02 Å². The van der Waals surface area contributed by atoms with Gasteiger partial charge in [-0.2, -0.15) is 5.10 Å². The molecule has 0 saturated heterocycles. The fraction of sp³-hybridized carbons (Fsp3) is 0.100. The molecule has 1 aromatic heterocycles. The van der Waals surface area contributed by atoms with Crippen LogP contribution in [0.4, 0.5) is 10.2 Å². The normalized spacial score (nSPS) is 10.3. The minimum absolute atomic E-state index is 0.304. The van der Waals surface area contributed by atoms with Crippen molar-refractivity contribution in [3.05, 3.63) is 41.3 Å². The second-order valence-corrected chi connectivity index (χ2v) is 3.39. The van der Waals surface area contributed by atoms with Crippen LogP contribution in [0.25, 0.3) is 5.69 Å². The lowest BCUT2D eigenvalue weighted by Gasteiger charge is -2.06. The average Bonchev–Trinajstić information content (AvgIpc) is 2.59. The minimum atomic E-state index is -0.304. The van der Waals surface area contributed by atoms with Crippen LogP contribution in [0.15, 0.2) is 30.5 Å². The fourth-order valence-electron chi connectivity index (χ4n) is 1.36. The lowest BCUT2D eigenvalue weighted by atomic mass is 10.3. The number of halogens is 2. The molecule has 1 heterocycles. The Morgan fingerprint density at radius 3 is 2.93 bits per heavy atom. The van der Waals surface area contributed by atoms with E-state index in [-0.39, 0.29) is 5.82 Å². The van der Waals surface area contributed by atoms with Gasteiger partial charge < -0.3 is 5.32 Å². The first-order valence-electron chi connectivity index (χ1n) is 4.39. The summed E-state index contributed by atoms with van der Waals surface area (Å²) >= 11 is 5.90. The van der Waals surface area contributed by atoms with Crippen molar-refractivity contribution in [3.8, 4) is 5.69 Å². The largest absolute Gasteiger partial charge is 0.372 e. The first-order chi connectivity index (χ1) is 7.22. The third-order valence-electron chi connectivity index (χ3n) is 2.01. The summed E-state index contributed by atoms with van der Waals surface area (Å²) in [6.45, 7) is 0. The minimum Gasteiger partial charge on any atom is -0.372 e. The highest BCUT2D eigenvalue weighted by molar-refractivity contribution is 6.32. The molecule has 0 aliphatic carbocycles. The quantitative estimate of drug-likeness (QED) is 0.852. The number of nitrogens with zero attached hydrogens (tertiary/aromatic N) is 2. The number of nitrogens with one attached hydrogen (secondary N) is 1. The van der Waals surface area contributed by atoms with Gasteiger partial charge in [0.05, 0.1) is 11.9 Å². The summed E-state index contributed by atoms with van der Waals surface area (Å²) in [6.07, 6.45) is 1.51. The molecule has 0 atom stereocenters. The van der Waals surface area contributed by atoms with Crippen molar-refractivity contribution in [2.24, 2.45) is 0 Å². The molecule has 0 unspecified atom stereocenters. The van der Waals surface area contributed by atoms with Gasteiger partial charge in [0.15, 0.2) is 0 Å². The van der Waals surface area contributed by atoms with Gasteiger partial charge in [0, 0.05) is 7.05 Å². The van der Waals surface area contributed by atoms with Crippen LogP contribution >= 0.6 is 11.6 Å². The Balaban J connectivity index is 2.54. The second kappa shape index (κ2) is 3.90. The van der Waals surface area contributed by atoms with Crippen LogP contribution in [0.5, 0.6) is 0 Å². The Morgan fingerprint density at radius 2 is 2.27 bits per heavy atom. The third kappa shape index (κ3) is 1.80. The third-order valence-corrected chi connectivity index (χ3v) is 2.29. The van der Waals surface area contributed by atoms with E-state index >= 15 is 0 Å². The maximum atomic E-state index is 13.0. The molecule has 0 fully saturated rings. The lowest BCUT2D eigenvalue weighted by Crippen LogP contribution is -2.02. The molecule has 3 nitrogen and oxygen atoms in total. The number of hydrogen-bond acceptors (Lipinski definition) is 2. The molecule has 0 saturated carbocycles. The number of aromatic nitrogens is 2. The molecule has 1 aromatic carbocycles. The zero-order valence-electron chi connectivity index (χ0n) is 8.04. The van der Waals surface area contributed by atoms with E-state index < -0.39 is 0 Å². The van der Waals surface area contributed by atoms with Crippen LogP contribution in [-0.2, 0) is 0 Å². The monoisotopic (exact) mass is 225 g/mol. The van der Waals surface area contributed by atoms with E-state index in [0.717, 1.165) is 0 Å². The van der Waals surface area contributed by atoms with Gasteiger partial charge in [-0.3, -0.25) is 0 Å². The van der Waals surface area contributed by atoms with Crippen molar-refractivity contribution >= 4 is 17.4 Å². The summed E-state index contributed by atoms with van der Waals surface area (Å²) in [6, 6.07) is 6.16. The Morgan fingerprint density at radius 1 is 1.47 bits per heavy atom. The van der Waals surface area contributed by atoms with Crippen molar-refractivity contribution in [2.75, 3.05) is 12.4 Å². The summed E-state index contributed by atoms with van der Waals surface area (Å²) < 4.78 is 14.5. The summed E-state index contributed by atoms with van der Waals surface area (Å²) in [7, 11) is 1.73. The molecule has 15 heavy (non-hydrogen) atoms. The molecule has 5 heteroatoms. The molecule has 2 rings (SSSR count). The Kier molecular flexibility index (Phi) is 2.60. The van der Waals surface area contributed by atoms with E-state index in [9.17, 15) is 4.39 Å². The first kappa shape index (κ1) is 9.98. The van der Waals surface area contributed by atoms with Crippen molar-refractivity contribution in [3.63, 3.8) is 0 Å². The number of hydrogen-bond donors (Lipinski definition) is 1. The van der Waals surface area contributed by atoms with E-state index in [0.29, 0.717) is 16.5 Å². The predicted octanol–water partition coefficient (Wildman–Crippen LogP) is 2.71. The molecule has 0 bridgehead atoms. The van der Waals surface area contributed by atoms with Gasteiger partial charge >= 0.3 is 0 Å². The summed E-state index contributed by atoms with van der Waals surface area (Å²) in [5, 5.41) is 7.46. The topological polar surface area (TPSA) is 29.9 Å². The highest BCUT2D eigenvalue weighted by Crippen LogP contribution is 2.23. The summed E-state index contributed by atoms with van der Waals surface area (Å²) in [4.78, 5) is 0. The average molecular weight is 226 g/mol. The van der Waals surface area contributed by atoms with Gasteiger partial charge in [0.2, 0.25) is 0 Å². The molecule has 0 aliphatic heterocycles. The number of rotatable bonds is 2. The zero-order chi connectivity index (χ0) is 10.8. The maximum Gasteiger partial charge on any atom is 0.148 e. The Labute approximate surface area is 91.5 Å². The van der Waals surface area contributed by atoms with Gasteiger partial charge in [-0.05, 0) is 18.2 Å². The lowest BCUT2D eigenvalue weighted by molar-refractivity contribution is 0.625. The SMILES string of the molecule is CNc1c(Cl)cnn1-c1cccc(F)c1. The Bertz CT molecular complexity index is 481. The van der Waals surface area contributed by atoms with Crippen LogP contribution in [0.1, 0.15) is 0 Å². The first-order valence-corrected chi connectivity index (χ1v) is 4.77. The maximum absolute atomic E-state index is 13.0. The van der Waals surface area contributed by atoms with Gasteiger partial charge in [0.1, 0.15) is 16.7 Å². The number of benzene rings is 1. The second-order valence-electron chi connectivity index (χ2n) is 2.98. The van der Waals surface area contributed by atoms with Crippen LogP contribution in [0.3, 0.4) is 0 Å². The highest BCUT2D eigenvalue weighted by atomic mass is 35.5. The smallest absolute Gasteiger partial charge is 0.148 e. The number of anilines is 1. The highest BCUT2D eigenvalue weighted by Gasteiger charge is 2.08. The summed E-state index contributed by atoms with van der Waals surface area (Å²) in [5.74, 6) is 0.337. The Hall–Kier alpha value is -1.55. The molecular weight excluding hydrogens is 217 g/mol. The molecule has 78 valence electrons. The van der Waals surface area contributed by atoms with E-state index in [4.69, 9.17) is 11.6 Å². The van der Waals surface area contributed by atoms with Crippen molar-refractivity contribution in [1.29, 1.82) is 0 Å². The van der Waals surface area contributed by atoms with Crippen molar-refractivity contribution < 1.29 is 4.39 Å². The molecule has 0 amide bonds. The summed E-state index contributed by atoms with van der Waals surface area (Å²) in [5.41, 5.74) is 0.631. The predicted molar refractivity (Wildman–Crippen MR) is 58.1 cm³/mol. The van der Waals surface area contributed by atoms with Crippen LogP contribution in [0, 0.1) is 5.82 Å². The molecule has 2 aromatic rings. The zero-order valence-corrected chi connectivity index (χ0v) is 8.79. The molecule has 0 spiro atoms. The van der Waals surface area contributed by atoms with E-state index in [1.54, 1.807) is 23.9 Å². The molecule has 0 aliphatic rings. The van der Waals surface area contributed by atoms with Crippen molar-refractivity contribution in [1.82, 2.24) is 9.78 Å². The van der Waals surface area contributed by atoms with Gasteiger partial charge in [-0.25, -0.2) is 9.07 Å².